The van der Waals surface area contributed by atoms with Crippen LogP contribution in [0.15, 0.2) is 47.2 Å². The molecule has 1 heterocycles. The molecule has 19 heavy (non-hydrogen) atoms. The Morgan fingerprint density at radius 1 is 1.32 bits per heavy atom. The second-order valence-electron chi connectivity index (χ2n) is 3.76. The summed E-state index contributed by atoms with van der Waals surface area (Å²) in [4.78, 5) is 11.6. The molecule has 1 aromatic heterocycles. The summed E-state index contributed by atoms with van der Waals surface area (Å²) in [6.07, 6.45) is 2.38. The number of carbonyl (C=O) groups excluding carboxylic acids is 1. The Labute approximate surface area is 117 Å². The van der Waals surface area contributed by atoms with Crippen molar-refractivity contribution in [1.29, 1.82) is 0 Å². The number of halogens is 2. The van der Waals surface area contributed by atoms with Crippen molar-refractivity contribution in [2.24, 2.45) is 0 Å². The van der Waals surface area contributed by atoms with E-state index in [1.54, 1.807) is 6.07 Å². The lowest BCUT2D eigenvalue weighted by atomic mass is 10.2. The van der Waals surface area contributed by atoms with Gasteiger partial charge in [0.25, 0.3) is 0 Å². The molecule has 0 fully saturated rings. The first-order valence-corrected chi connectivity index (χ1v) is 6.15. The molecule has 1 aromatic carbocycles. The number of esters is 1. The molecule has 0 radical (unpaired) electrons. The van der Waals surface area contributed by atoms with Crippen LogP contribution in [0.3, 0.4) is 0 Å². The SMILES string of the molecule is O=C(OCc1ccc(Br)cc1F)c1cc[n+]([O-])cc1. The number of hydrogen-bond donors (Lipinski definition) is 0. The molecule has 0 aliphatic rings. The fraction of sp³-hybridized carbons (Fsp3) is 0.0769. The number of aromatic nitrogens is 1. The maximum Gasteiger partial charge on any atom is 0.338 e. The monoisotopic (exact) mass is 325 g/mol. The Kier molecular flexibility index (Phi) is 4.11. The minimum atomic E-state index is -0.608. The standard InChI is InChI=1S/C13H9BrFNO3/c14-11-2-1-10(12(15)7-11)8-19-13(17)9-3-5-16(18)6-4-9/h1-7H,8H2. The van der Waals surface area contributed by atoms with E-state index >= 15 is 0 Å². The number of rotatable bonds is 3. The third kappa shape index (κ3) is 3.51. The van der Waals surface area contributed by atoms with E-state index in [1.165, 1.54) is 36.7 Å². The van der Waals surface area contributed by atoms with E-state index in [4.69, 9.17) is 4.74 Å². The van der Waals surface area contributed by atoms with E-state index < -0.39 is 11.8 Å². The number of pyridine rings is 1. The van der Waals surface area contributed by atoms with E-state index in [-0.39, 0.29) is 17.7 Å². The van der Waals surface area contributed by atoms with Crippen LogP contribution in [0.4, 0.5) is 4.39 Å². The molecular weight excluding hydrogens is 317 g/mol. The van der Waals surface area contributed by atoms with Gasteiger partial charge in [-0.25, -0.2) is 9.18 Å². The Hall–Kier alpha value is -1.95. The molecule has 0 saturated carbocycles. The van der Waals surface area contributed by atoms with Crippen LogP contribution in [0, 0.1) is 11.0 Å². The lowest BCUT2D eigenvalue weighted by Crippen LogP contribution is -2.24. The molecule has 0 aliphatic carbocycles. The first-order valence-electron chi connectivity index (χ1n) is 5.36. The van der Waals surface area contributed by atoms with Gasteiger partial charge in [-0.2, -0.15) is 4.73 Å². The van der Waals surface area contributed by atoms with Crippen LogP contribution in [0.2, 0.25) is 0 Å². The highest BCUT2D eigenvalue weighted by Gasteiger charge is 2.10. The molecule has 2 aromatic rings. The zero-order valence-corrected chi connectivity index (χ0v) is 11.3. The summed E-state index contributed by atoms with van der Waals surface area (Å²) in [6.45, 7) is -0.162. The average molecular weight is 326 g/mol. The van der Waals surface area contributed by atoms with Gasteiger partial charge in [0.1, 0.15) is 12.4 Å². The lowest BCUT2D eigenvalue weighted by molar-refractivity contribution is -0.605. The van der Waals surface area contributed by atoms with Crippen LogP contribution in [-0.4, -0.2) is 5.97 Å². The number of ether oxygens (including phenoxy) is 1. The first-order chi connectivity index (χ1) is 9.06. The van der Waals surface area contributed by atoms with Gasteiger partial charge >= 0.3 is 5.97 Å². The van der Waals surface area contributed by atoms with Crippen LogP contribution in [0.1, 0.15) is 15.9 Å². The van der Waals surface area contributed by atoms with Crippen molar-refractivity contribution in [3.05, 3.63) is 69.3 Å². The zero-order valence-electron chi connectivity index (χ0n) is 9.68. The second kappa shape index (κ2) is 5.79. The van der Waals surface area contributed by atoms with E-state index in [9.17, 15) is 14.4 Å². The normalized spacial score (nSPS) is 10.2. The van der Waals surface area contributed by atoms with Crippen LogP contribution >= 0.6 is 15.9 Å². The van der Waals surface area contributed by atoms with Crippen LogP contribution in [-0.2, 0) is 11.3 Å². The molecule has 0 spiro atoms. The summed E-state index contributed by atoms with van der Waals surface area (Å²) in [5.41, 5.74) is 0.524. The van der Waals surface area contributed by atoms with Gasteiger partial charge in [-0.15, -0.1) is 0 Å². The fourth-order valence-electron chi connectivity index (χ4n) is 1.41. The van der Waals surface area contributed by atoms with Crippen molar-refractivity contribution in [3.63, 3.8) is 0 Å². The van der Waals surface area contributed by atoms with E-state index in [0.717, 1.165) is 0 Å². The van der Waals surface area contributed by atoms with E-state index in [0.29, 0.717) is 9.20 Å². The van der Waals surface area contributed by atoms with Gasteiger partial charge in [-0.1, -0.05) is 22.0 Å². The van der Waals surface area contributed by atoms with Crippen molar-refractivity contribution in [2.75, 3.05) is 0 Å². The zero-order chi connectivity index (χ0) is 13.8. The molecule has 0 bridgehead atoms. The highest BCUT2D eigenvalue weighted by atomic mass is 79.9. The Morgan fingerprint density at radius 2 is 2.00 bits per heavy atom. The number of carbonyl (C=O) groups is 1. The summed E-state index contributed by atoms with van der Waals surface area (Å²) in [7, 11) is 0. The molecular formula is C13H9BrFNO3. The summed E-state index contributed by atoms with van der Waals surface area (Å²) < 4.78 is 19.6. The first kappa shape index (κ1) is 13.5. The van der Waals surface area contributed by atoms with Crippen molar-refractivity contribution in [2.45, 2.75) is 6.61 Å². The predicted molar refractivity (Wildman–Crippen MR) is 68.6 cm³/mol. The van der Waals surface area contributed by atoms with Crippen molar-refractivity contribution < 1.29 is 18.7 Å². The highest BCUT2D eigenvalue weighted by Crippen LogP contribution is 2.16. The maximum absolute atomic E-state index is 13.5. The minimum absolute atomic E-state index is 0.162. The van der Waals surface area contributed by atoms with Crippen LogP contribution in [0.5, 0.6) is 0 Å². The Bertz CT molecular complexity index is 601. The molecule has 98 valence electrons. The smallest absolute Gasteiger partial charge is 0.338 e. The van der Waals surface area contributed by atoms with Gasteiger partial charge in [0, 0.05) is 22.2 Å². The predicted octanol–water partition coefficient (Wildman–Crippen LogP) is 2.58. The Balaban J connectivity index is 2.02. The van der Waals surface area contributed by atoms with Crippen LogP contribution in [0.25, 0.3) is 0 Å². The highest BCUT2D eigenvalue weighted by molar-refractivity contribution is 9.10. The average Bonchev–Trinajstić information content (AvgIpc) is 2.38. The summed E-state index contributed by atoms with van der Waals surface area (Å²) >= 11 is 3.14. The Morgan fingerprint density at radius 3 is 2.63 bits per heavy atom. The third-order valence-corrected chi connectivity index (χ3v) is 2.90. The van der Waals surface area contributed by atoms with Crippen LogP contribution < -0.4 is 4.73 Å². The maximum atomic E-state index is 13.5. The van der Waals surface area contributed by atoms with Gasteiger partial charge in [-0.3, -0.25) is 0 Å². The molecule has 0 atom stereocenters. The second-order valence-corrected chi connectivity index (χ2v) is 4.67. The van der Waals surface area contributed by atoms with Crippen molar-refractivity contribution >= 4 is 21.9 Å². The topological polar surface area (TPSA) is 53.2 Å². The molecule has 0 saturated heterocycles. The van der Waals surface area contributed by atoms with Gasteiger partial charge in [0.05, 0.1) is 5.56 Å². The molecule has 2 rings (SSSR count). The van der Waals surface area contributed by atoms with Crippen molar-refractivity contribution in [3.8, 4) is 0 Å². The number of hydrogen-bond acceptors (Lipinski definition) is 3. The van der Waals surface area contributed by atoms with Gasteiger partial charge in [-0.05, 0) is 12.1 Å². The molecule has 4 nitrogen and oxygen atoms in total. The lowest BCUT2D eigenvalue weighted by Gasteiger charge is -2.06. The quantitative estimate of drug-likeness (QED) is 0.495. The third-order valence-electron chi connectivity index (χ3n) is 2.41. The molecule has 6 heteroatoms. The molecule has 0 amide bonds. The number of benzene rings is 1. The van der Waals surface area contributed by atoms with Crippen molar-refractivity contribution in [1.82, 2.24) is 0 Å². The molecule has 0 N–H and O–H groups in total. The summed E-state index contributed by atoms with van der Waals surface area (Å²) in [5, 5.41) is 10.8. The van der Waals surface area contributed by atoms with Gasteiger partial charge in [0.15, 0.2) is 12.4 Å². The minimum Gasteiger partial charge on any atom is -0.619 e. The van der Waals surface area contributed by atoms with Gasteiger partial charge in [0.2, 0.25) is 0 Å². The summed E-state index contributed by atoms with van der Waals surface area (Å²) in [5.74, 6) is -1.06. The fourth-order valence-corrected chi connectivity index (χ4v) is 1.75. The molecule has 0 unspecified atom stereocenters. The van der Waals surface area contributed by atoms with Gasteiger partial charge < -0.3 is 9.94 Å². The number of nitrogens with zero attached hydrogens (tertiary/aromatic N) is 1. The largest absolute Gasteiger partial charge is 0.619 e. The van der Waals surface area contributed by atoms with E-state index in [1.807, 2.05) is 0 Å². The summed E-state index contributed by atoms with van der Waals surface area (Å²) in [6, 6.07) is 7.17. The molecule has 0 aliphatic heterocycles. The van der Waals surface area contributed by atoms with E-state index in [2.05, 4.69) is 15.9 Å².